The lowest BCUT2D eigenvalue weighted by Crippen LogP contribution is -2.13. The van der Waals surface area contributed by atoms with Crippen LogP contribution < -0.4 is 0 Å². The van der Waals surface area contributed by atoms with Crippen LogP contribution in [0.1, 0.15) is 86.5 Å². The van der Waals surface area contributed by atoms with Crippen molar-refractivity contribution in [2.24, 2.45) is 0 Å². The first-order chi connectivity index (χ1) is 12.6. The molecule has 2 aromatic rings. The highest BCUT2D eigenvalue weighted by atomic mass is 16.3. The van der Waals surface area contributed by atoms with Gasteiger partial charge in [-0.2, -0.15) is 0 Å². The number of rotatable bonds is 6. The summed E-state index contributed by atoms with van der Waals surface area (Å²) in [6, 6.07) is 12.4. The number of phenolic OH excluding ortho intramolecular Hbond substituents is 2. The van der Waals surface area contributed by atoms with Gasteiger partial charge in [-0.1, -0.05) is 57.4 Å². The molecule has 0 aromatic heterocycles. The minimum absolute atomic E-state index is 0.436. The number of hydrogen-bond donors (Lipinski definition) is 2. The van der Waals surface area contributed by atoms with E-state index >= 15 is 0 Å². The average molecular weight is 353 g/mol. The topological polar surface area (TPSA) is 40.5 Å². The Morgan fingerprint density at radius 1 is 0.769 bits per heavy atom. The normalized spacial score (nSPS) is 20.2. The van der Waals surface area contributed by atoms with Gasteiger partial charge in [0.05, 0.1) is 0 Å². The van der Waals surface area contributed by atoms with Crippen LogP contribution in [-0.2, 0) is 12.8 Å². The largest absolute Gasteiger partial charge is 0.508 e. The first-order valence-electron chi connectivity index (χ1n) is 10.3. The summed E-state index contributed by atoms with van der Waals surface area (Å²) in [5.41, 5.74) is 4.93. The van der Waals surface area contributed by atoms with Gasteiger partial charge in [0.25, 0.3) is 0 Å². The molecule has 2 aromatic carbocycles. The number of benzene rings is 2. The molecule has 1 aliphatic carbocycles. The molecule has 0 bridgehead atoms. The van der Waals surface area contributed by atoms with E-state index in [1.807, 2.05) is 12.1 Å². The van der Waals surface area contributed by atoms with Gasteiger partial charge in [0.15, 0.2) is 0 Å². The molecule has 2 heteroatoms. The van der Waals surface area contributed by atoms with Gasteiger partial charge in [0, 0.05) is 0 Å². The van der Waals surface area contributed by atoms with E-state index in [0.29, 0.717) is 23.3 Å². The van der Waals surface area contributed by atoms with E-state index in [1.165, 1.54) is 30.4 Å². The summed E-state index contributed by atoms with van der Waals surface area (Å²) in [5, 5.41) is 20.2. The van der Waals surface area contributed by atoms with E-state index in [9.17, 15) is 10.2 Å². The molecule has 1 fully saturated rings. The molecule has 0 saturated heterocycles. The van der Waals surface area contributed by atoms with Gasteiger partial charge in [-0.3, -0.25) is 0 Å². The van der Waals surface area contributed by atoms with Crippen LogP contribution in [0.4, 0.5) is 0 Å². The van der Waals surface area contributed by atoms with Gasteiger partial charge in [0.2, 0.25) is 0 Å². The fraction of sp³-hybridized carbons (Fsp3) is 0.500. The fourth-order valence-electron chi connectivity index (χ4n) is 4.45. The minimum atomic E-state index is 0.436. The van der Waals surface area contributed by atoms with Crippen LogP contribution in [0.15, 0.2) is 36.4 Å². The molecular formula is C24H32O2. The van der Waals surface area contributed by atoms with E-state index in [2.05, 4.69) is 38.1 Å². The Kier molecular flexibility index (Phi) is 6.24. The Labute approximate surface area is 157 Å². The summed E-state index contributed by atoms with van der Waals surface area (Å²) in [4.78, 5) is 0. The summed E-state index contributed by atoms with van der Waals surface area (Å²) in [6.07, 6.45) is 8.84. The van der Waals surface area contributed by atoms with Crippen molar-refractivity contribution in [3.63, 3.8) is 0 Å². The number of hydrogen-bond acceptors (Lipinski definition) is 2. The molecule has 1 saturated carbocycles. The van der Waals surface area contributed by atoms with Crippen molar-refractivity contribution < 1.29 is 10.2 Å². The van der Waals surface area contributed by atoms with E-state index in [-0.39, 0.29) is 0 Å². The molecule has 2 unspecified atom stereocenters. The second-order valence-electron chi connectivity index (χ2n) is 7.84. The van der Waals surface area contributed by atoms with E-state index in [1.54, 1.807) is 0 Å². The Morgan fingerprint density at radius 2 is 1.23 bits per heavy atom. The van der Waals surface area contributed by atoms with Crippen LogP contribution in [-0.4, -0.2) is 10.2 Å². The van der Waals surface area contributed by atoms with Gasteiger partial charge in [-0.25, -0.2) is 0 Å². The summed E-state index contributed by atoms with van der Waals surface area (Å²) in [6.45, 7) is 4.31. The lowest BCUT2D eigenvalue weighted by Gasteiger charge is -2.30. The molecule has 2 nitrogen and oxygen atoms in total. The van der Waals surface area contributed by atoms with Crippen molar-refractivity contribution in [1.29, 1.82) is 0 Å². The van der Waals surface area contributed by atoms with Gasteiger partial charge < -0.3 is 10.2 Å². The molecule has 1 aliphatic rings. The fourth-order valence-corrected chi connectivity index (χ4v) is 4.45. The Hall–Kier alpha value is -1.96. The maximum absolute atomic E-state index is 10.1. The van der Waals surface area contributed by atoms with Crippen LogP contribution in [0.25, 0.3) is 0 Å². The zero-order chi connectivity index (χ0) is 18.5. The predicted molar refractivity (Wildman–Crippen MR) is 108 cm³/mol. The van der Waals surface area contributed by atoms with E-state index in [0.717, 1.165) is 43.2 Å². The van der Waals surface area contributed by atoms with Crippen LogP contribution in [0.3, 0.4) is 0 Å². The van der Waals surface area contributed by atoms with Crippen LogP contribution in [0.5, 0.6) is 11.5 Å². The SMILES string of the molecule is CCCc1cc(C2CCCC(c3ccc(O)c(CCC)c3)C2)ccc1O. The third-order valence-electron chi connectivity index (χ3n) is 5.86. The third-order valence-corrected chi connectivity index (χ3v) is 5.86. The first-order valence-corrected chi connectivity index (χ1v) is 10.3. The van der Waals surface area contributed by atoms with Crippen molar-refractivity contribution in [2.45, 2.75) is 77.0 Å². The second-order valence-corrected chi connectivity index (χ2v) is 7.84. The van der Waals surface area contributed by atoms with Crippen molar-refractivity contribution >= 4 is 0 Å². The van der Waals surface area contributed by atoms with Crippen LogP contribution >= 0.6 is 0 Å². The second kappa shape index (κ2) is 8.62. The average Bonchev–Trinajstić information content (AvgIpc) is 2.66. The highest BCUT2D eigenvalue weighted by molar-refractivity contribution is 5.40. The molecule has 140 valence electrons. The van der Waals surface area contributed by atoms with Gasteiger partial charge in [-0.15, -0.1) is 0 Å². The summed E-state index contributed by atoms with van der Waals surface area (Å²) in [7, 11) is 0. The van der Waals surface area contributed by atoms with Crippen molar-refractivity contribution in [1.82, 2.24) is 0 Å². The smallest absolute Gasteiger partial charge is 0.118 e. The number of aromatic hydroxyl groups is 2. The summed E-state index contributed by atoms with van der Waals surface area (Å²) < 4.78 is 0. The predicted octanol–water partition coefficient (Wildman–Crippen LogP) is 6.44. The maximum Gasteiger partial charge on any atom is 0.118 e. The molecule has 0 heterocycles. The third kappa shape index (κ3) is 4.23. The van der Waals surface area contributed by atoms with Gasteiger partial charge in [0.1, 0.15) is 11.5 Å². The molecule has 2 atom stereocenters. The molecule has 0 aliphatic heterocycles. The Morgan fingerprint density at radius 3 is 1.65 bits per heavy atom. The molecule has 0 amide bonds. The Balaban J connectivity index is 1.79. The van der Waals surface area contributed by atoms with Gasteiger partial charge in [-0.05, 0) is 78.3 Å². The van der Waals surface area contributed by atoms with Crippen LogP contribution in [0, 0.1) is 0 Å². The molecule has 26 heavy (non-hydrogen) atoms. The van der Waals surface area contributed by atoms with Crippen molar-refractivity contribution in [3.05, 3.63) is 58.7 Å². The molecule has 0 radical (unpaired) electrons. The highest BCUT2D eigenvalue weighted by Crippen LogP contribution is 2.42. The monoisotopic (exact) mass is 352 g/mol. The zero-order valence-electron chi connectivity index (χ0n) is 16.2. The quantitative estimate of drug-likeness (QED) is 0.627. The zero-order valence-corrected chi connectivity index (χ0v) is 16.2. The lowest BCUT2D eigenvalue weighted by atomic mass is 9.74. The summed E-state index contributed by atoms with van der Waals surface area (Å²) in [5.74, 6) is 2.00. The van der Waals surface area contributed by atoms with Crippen molar-refractivity contribution in [3.8, 4) is 11.5 Å². The maximum atomic E-state index is 10.1. The van der Waals surface area contributed by atoms with Crippen molar-refractivity contribution in [2.75, 3.05) is 0 Å². The molecule has 2 N–H and O–H groups in total. The highest BCUT2D eigenvalue weighted by Gasteiger charge is 2.25. The first kappa shape index (κ1) is 18.8. The standard InChI is InChI=1S/C24H32O2/c1-3-6-21-15-19(10-12-23(21)25)17-8-5-9-18(14-17)20-11-13-24(26)22(16-20)7-4-2/h10-13,15-18,25-26H,3-9,14H2,1-2H3. The summed E-state index contributed by atoms with van der Waals surface area (Å²) >= 11 is 0. The Bertz CT molecular complexity index is 673. The minimum Gasteiger partial charge on any atom is -0.508 e. The molecule has 3 rings (SSSR count). The lowest BCUT2D eigenvalue weighted by molar-refractivity contribution is 0.392. The number of aryl methyl sites for hydroxylation is 2. The van der Waals surface area contributed by atoms with E-state index < -0.39 is 0 Å². The van der Waals surface area contributed by atoms with E-state index in [4.69, 9.17) is 0 Å². The number of phenols is 2. The van der Waals surface area contributed by atoms with Gasteiger partial charge >= 0.3 is 0 Å². The molecular weight excluding hydrogens is 320 g/mol. The molecule has 0 spiro atoms. The van der Waals surface area contributed by atoms with Crippen LogP contribution in [0.2, 0.25) is 0 Å².